The average molecular weight is 295 g/mol. The van der Waals surface area contributed by atoms with Gasteiger partial charge in [0.15, 0.2) is 0 Å². The first-order valence-corrected chi connectivity index (χ1v) is 7.86. The summed E-state index contributed by atoms with van der Waals surface area (Å²) >= 11 is 0. The smallest absolute Gasteiger partial charge is 0.119 e. The lowest BCUT2D eigenvalue weighted by molar-refractivity contribution is 0.0270. The Hall–Kier alpha value is -1.10. The van der Waals surface area contributed by atoms with Crippen LogP contribution in [0.15, 0.2) is 24.3 Å². The SMILES string of the molecule is CCc1cccc(OCC(O)CNCC(O)(CC)CC)c1. The van der Waals surface area contributed by atoms with Gasteiger partial charge in [-0.05, 0) is 37.0 Å². The normalized spacial score (nSPS) is 13.2. The van der Waals surface area contributed by atoms with Crippen molar-refractivity contribution >= 4 is 0 Å². The van der Waals surface area contributed by atoms with Crippen LogP contribution in [0.2, 0.25) is 0 Å². The molecule has 0 radical (unpaired) electrons. The van der Waals surface area contributed by atoms with Gasteiger partial charge in [0.25, 0.3) is 0 Å². The number of benzene rings is 1. The molecule has 1 aromatic carbocycles. The first-order chi connectivity index (χ1) is 10.0. The van der Waals surface area contributed by atoms with Crippen molar-refractivity contribution in [1.29, 1.82) is 0 Å². The zero-order valence-corrected chi connectivity index (χ0v) is 13.4. The molecule has 0 saturated carbocycles. The largest absolute Gasteiger partial charge is 0.491 e. The predicted octanol–water partition coefficient (Wildman–Crippen LogP) is 2.13. The van der Waals surface area contributed by atoms with Crippen molar-refractivity contribution in [1.82, 2.24) is 5.32 Å². The van der Waals surface area contributed by atoms with Crippen molar-refractivity contribution in [3.63, 3.8) is 0 Å². The van der Waals surface area contributed by atoms with E-state index in [0.717, 1.165) is 12.2 Å². The van der Waals surface area contributed by atoms with Gasteiger partial charge in [0.2, 0.25) is 0 Å². The summed E-state index contributed by atoms with van der Waals surface area (Å²) in [5, 5.41) is 23.1. The lowest BCUT2D eigenvalue weighted by Crippen LogP contribution is -2.43. The molecule has 4 nitrogen and oxygen atoms in total. The number of ether oxygens (including phenoxy) is 1. The predicted molar refractivity (Wildman–Crippen MR) is 85.7 cm³/mol. The highest BCUT2D eigenvalue weighted by molar-refractivity contribution is 5.28. The van der Waals surface area contributed by atoms with Crippen molar-refractivity contribution in [2.45, 2.75) is 51.7 Å². The zero-order valence-electron chi connectivity index (χ0n) is 13.4. The maximum Gasteiger partial charge on any atom is 0.119 e. The van der Waals surface area contributed by atoms with Crippen LogP contribution in [0, 0.1) is 0 Å². The Morgan fingerprint density at radius 2 is 1.95 bits per heavy atom. The number of aliphatic hydroxyl groups excluding tert-OH is 1. The van der Waals surface area contributed by atoms with Crippen LogP contribution in [0.1, 0.15) is 39.2 Å². The summed E-state index contributed by atoms with van der Waals surface area (Å²) in [6.07, 6.45) is 1.78. The Kier molecular flexibility index (Phi) is 7.72. The number of aryl methyl sites for hydroxylation is 1. The number of hydrogen-bond donors (Lipinski definition) is 3. The summed E-state index contributed by atoms with van der Waals surface area (Å²) in [6, 6.07) is 7.90. The molecule has 120 valence electrons. The Morgan fingerprint density at radius 3 is 2.57 bits per heavy atom. The molecular formula is C17H29NO3. The molecule has 0 amide bonds. The summed E-state index contributed by atoms with van der Waals surface area (Å²) in [7, 11) is 0. The maximum atomic E-state index is 10.1. The first kappa shape index (κ1) is 18.0. The molecule has 0 fully saturated rings. The highest BCUT2D eigenvalue weighted by Crippen LogP contribution is 2.14. The van der Waals surface area contributed by atoms with Crippen molar-refractivity contribution in [2.75, 3.05) is 19.7 Å². The van der Waals surface area contributed by atoms with Crippen LogP contribution in [0.5, 0.6) is 5.75 Å². The maximum absolute atomic E-state index is 10.1. The van der Waals surface area contributed by atoms with Gasteiger partial charge >= 0.3 is 0 Å². The molecule has 0 spiro atoms. The molecule has 3 N–H and O–H groups in total. The fourth-order valence-corrected chi connectivity index (χ4v) is 2.08. The van der Waals surface area contributed by atoms with E-state index in [2.05, 4.69) is 18.3 Å². The lowest BCUT2D eigenvalue weighted by atomic mass is 9.97. The van der Waals surface area contributed by atoms with Gasteiger partial charge in [-0.3, -0.25) is 0 Å². The number of hydrogen-bond acceptors (Lipinski definition) is 4. The third kappa shape index (κ3) is 6.46. The van der Waals surface area contributed by atoms with Gasteiger partial charge in [0, 0.05) is 13.1 Å². The molecule has 0 bridgehead atoms. The lowest BCUT2D eigenvalue weighted by Gasteiger charge is -2.26. The summed E-state index contributed by atoms with van der Waals surface area (Å²) in [6.45, 7) is 7.17. The van der Waals surface area contributed by atoms with Gasteiger partial charge < -0.3 is 20.3 Å². The van der Waals surface area contributed by atoms with E-state index in [-0.39, 0.29) is 6.61 Å². The highest BCUT2D eigenvalue weighted by atomic mass is 16.5. The summed E-state index contributed by atoms with van der Waals surface area (Å²) in [5.41, 5.74) is 0.534. The van der Waals surface area contributed by atoms with Crippen LogP contribution in [-0.2, 0) is 6.42 Å². The number of aliphatic hydroxyl groups is 2. The van der Waals surface area contributed by atoms with Crippen molar-refractivity contribution in [2.24, 2.45) is 0 Å². The second kappa shape index (κ2) is 9.03. The standard InChI is InChI=1S/C17H29NO3/c1-4-14-8-7-9-16(10-14)21-12-15(19)11-18-13-17(20,5-2)6-3/h7-10,15,18-20H,4-6,11-13H2,1-3H3. The summed E-state index contributed by atoms with van der Waals surface area (Å²) in [4.78, 5) is 0. The molecule has 1 aromatic rings. The zero-order chi connectivity index (χ0) is 15.7. The molecule has 4 heteroatoms. The number of nitrogens with one attached hydrogen (secondary N) is 1. The second-order valence-corrected chi connectivity index (χ2v) is 5.53. The van der Waals surface area contributed by atoms with Gasteiger partial charge in [0.05, 0.1) is 5.60 Å². The van der Waals surface area contributed by atoms with E-state index >= 15 is 0 Å². The van der Waals surface area contributed by atoms with Crippen LogP contribution in [0.4, 0.5) is 0 Å². The monoisotopic (exact) mass is 295 g/mol. The minimum atomic E-state index is -0.684. The van der Waals surface area contributed by atoms with Crippen molar-refractivity contribution < 1.29 is 14.9 Å². The Balaban J connectivity index is 2.29. The minimum absolute atomic E-state index is 0.247. The molecule has 0 aromatic heterocycles. The molecule has 0 aliphatic rings. The van der Waals surface area contributed by atoms with Gasteiger partial charge in [0.1, 0.15) is 18.5 Å². The van der Waals surface area contributed by atoms with E-state index < -0.39 is 11.7 Å². The van der Waals surface area contributed by atoms with E-state index in [1.165, 1.54) is 5.56 Å². The van der Waals surface area contributed by atoms with Gasteiger partial charge in [-0.15, -0.1) is 0 Å². The fraction of sp³-hybridized carbons (Fsp3) is 0.647. The molecule has 21 heavy (non-hydrogen) atoms. The van der Waals surface area contributed by atoms with E-state index in [4.69, 9.17) is 4.74 Å². The van der Waals surface area contributed by atoms with Gasteiger partial charge in [-0.2, -0.15) is 0 Å². The van der Waals surface area contributed by atoms with Crippen LogP contribution in [0.3, 0.4) is 0 Å². The van der Waals surface area contributed by atoms with Crippen molar-refractivity contribution in [3.05, 3.63) is 29.8 Å². The summed E-state index contributed by atoms with van der Waals surface area (Å²) < 4.78 is 5.59. The Bertz CT molecular complexity index is 405. The van der Waals surface area contributed by atoms with Crippen molar-refractivity contribution in [3.8, 4) is 5.75 Å². The fourth-order valence-electron chi connectivity index (χ4n) is 2.08. The number of rotatable bonds is 10. The minimum Gasteiger partial charge on any atom is -0.491 e. The quantitative estimate of drug-likeness (QED) is 0.619. The molecule has 1 atom stereocenters. The van der Waals surface area contributed by atoms with E-state index in [9.17, 15) is 10.2 Å². The molecule has 0 aliphatic heterocycles. The van der Waals surface area contributed by atoms with Crippen LogP contribution in [-0.4, -0.2) is 41.6 Å². The third-order valence-electron chi connectivity index (χ3n) is 3.90. The molecule has 0 saturated heterocycles. The molecule has 0 heterocycles. The van der Waals surface area contributed by atoms with Gasteiger partial charge in [-0.1, -0.05) is 32.9 Å². The summed E-state index contributed by atoms with van der Waals surface area (Å²) in [5.74, 6) is 0.784. The molecular weight excluding hydrogens is 266 g/mol. The average Bonchev–Trinajstić information content (AvgIpc) is 2.53. The van der Waals surface area contributed by atoms with Crippen LogP contribution in [0.25, 0.3) is 0 Å². The first-order valence-electron chi connectivity index (χ1n) is 7.86. The van der Waals surface area contributed by atoms with Crippen LogP contribution >= 0.6 is 0 Å². The molecule has 0 aliphatic carbocycles. The second-order valence-electron chi connectivity index (χ2n) is 5.53. The molecule has 1 rings (SSSR count). The topological polar surface area (TPSA) is 61.7 Å². The van der Waals surface area contributed by atoms with E-state index in [1.54, 1.807) is 0 Å². The van der Waals surface area contributed by atoms with E-state index in [0.29, 0.717) is 25.9 Å². The third-order valence-corrected chi connectivity index (χ3v) is 3.90. The van der Waals surface area contributed by atoms with Gasteiger partial charge in [-0.25, -0.2) is 0 Å². The Morgan fingerprint density at radius 1 is 1.24 bits per heavy atom. The van der Waals surface area contributed by atoms with Crippen LogP contribution < -0.4 is 10.1 Å². The molecule has 1 unspecified atom stereocenters. The van der Waals surface area contributed by atoms with E-state index in [1.807, 2.05) is 32.0 Å². The highest BCUT2D eigenvalue weighted by Gasteiger charge is 2.21. The Labute approximate surface area is 128 Å².